The highest BCUT2D eigenvalue weighted by molar-refractivity contribution is 5.78. The molecule has 0 fully saturated rings. The number of hydrogen-bond acceptors (Lipinski definition) is 0. The SMILES string of the molecule is Cc1ccc(-c2cccc(-c3ccccc3)c2)cc1-c1ccccc1. The Balaban J connectivity index is 1.78. The van der Waals surface area contributed by atoms with Gasteiger partial charge in [-0.3, -0.25) is 0 Å². The molecule has 4 aromatic rings. The average Bonchev–Trinajstić information content (AvgIpc) is 2.70. The van der Waals surface area contributed by atoms with E-state index in [0.717, 1.165) is 0 Å². The van der Waals surface area contributed by atoms with E-state index >= 15 is 0 Å². The summed E-state index contributed by atoms with van der Waals surface area (Å²) >= 11 is 0. The first kappa shape index (κ1) is 15.4. The molecule has 0 heterocycles. The van der Waals surface area contributed by atoms with Crippen molar-refractivity contribution in [3.63, 3.8) is 0 Å². The normalized spacial score (nSPS) is 10.6. The molecule has 0 bridgehead atoms. The van der Waals surface area contributed by atoms with Crippen LogP contribution in [0.3, 0.4) is 0 Å². The molecule has 4 rings (SSSR count). The molecule has 25 heavy (non-hydrogen) atoms. The average molecular weight is 320 g/mol. The number of hydrogen-bond donors (Lipinski definition) is 0. The molecule has 0 N–H and O–H groups in total. The predicted molar refractivity (Wildman–Crippen MR) is 107 cm³/mol. The molecule has 0 aliphatic rings. The zero-order chi connectivity index (χ0) is 17.1. The molecule has 4 aromatic carbocycles. The Morgan fingerprint density at radius 3 is 1.60 bits per heavy atom. The largest absolute Gasteiger partial charge is 0.0622 e. The first-order chi connectivity index (χ1) is 12.3. The predicted octanol–water partition coefficient (Wildman–Crippen LogP) is 7.00. The van der Waals surface area contributed by atoms with E-state index in [1.165, 1.54) is 38.9 Å². The Morgan fingerprint density at radius 2 is 0.920 bits per heavy atom. The van der Waals surface area contributed by atoms with E-state index in [-0.39, 0.29) is 0 Å². The highest BCUT2D eigenvalue weighted by Gasteiger charge is 2.06. The molecule has 0 heteroatoms. The summed E-state index contributed by atoms with van der Waals surface area (Å²) in [7, 11) is 0. The van der Waals surface area contributed by atoms with E-state index in [9.17, 15) is 0 Å². The van der Waals surface area contributed by atoms with Crippen LogP contribution >= 0.6 is 0 Å². The molecule has 0 aliphatic carbocycles. The fourth-order valence-corrected chi connectivity index (χ4v) is 3.24. The van der Waals surface area contributed by atoms with Crippen molar-refractivity contribution in [3.8, 4) is 33.4 Å². The van der Waals surface area contributed by atoms with Crippen molar-refractivity contribution in [2.24, 2.45) is 0 Å². The second kappa shape index (κ2) is 6.78. The smallest absolute Gasteiger partial charge is 0.0149 e. The molecule has 0 aliphatic heterocycles. The van der Waals surface area contributed by atoms with E-state index in [1.807, 2.05) is 0 Å². The van der Waals surface area contributed by atoms with Crippen molar-refractivity contribution < 1.29 is 0 Å². The highest BCUT2D eigenvalue weighted by Crippen LogP contribution is 2.31. The van der Waals surface area contributed by atoms with Gasteiger partial charge in [0.25, 0.3) is 0 Å². The fraction of sp³-hybridized carbons (Fsp3) is 0.0400. The summed E-state index contributed by atoms with van der Waals surface area (Å²) in [6.45, 7) is 2.17. The summed E-state index contributed by atoms with van der Waals surface area (Å²) in [6.07, 6.45) is 0. The first-order valence-corrected chi connectivity index (χ1v) is 8.63. The van der Waals surface area contributed by atoms with Gasteiger partial charge in [-0.25, -0.2) is 0 Å². The molecule has 0 amide bonds. The molecule has 0 saturated heterocycles. The van der Waals surface area contributed by atoms with Gasteiger partial charge in [-0.15, -0.1) is 0 Å². The van der Waals surface area contributed by atoms with Crippen molar-refractivity contribution in [2.75, 3.05) is 0 Å². The van der Waals surface area contributed by atoms with Gasteiger partial charge in [0.1, 0.15) is 0 Å². The quantitative estimate of drug-likeness (QED) is 0.381. The van der Waals surface area contributed by atoms with Gasteiger partial charge >= 0.3 is 0 Å². The van der Waals surface area contributed by atoms with Crippen molar-refractivity contribution in [2.45, 2.75) is 6.92 Å². The molecule has 120 valence electrons. The molecular formula is C25H20. The number of benzene rings is 4. The van der Waals surface area contributed by atoms with Crippen LogP contribution < -0.4 is 0 Å². The van der Waals surface area contributed by atoms with E-state index in [0.29, 0.717) is 0 Å². The lowest BCUT2D eigenvalue weighted by Gasteiger charge is -2.11. The van der Waals surface area contributed by atoms with Crippen molar-refractivity contribution in [1.82, 2.24) is 0 Å². The van der Waals surface area contributed by atoms with Gasteiger partial charge in [-0.05, 0) is 58.0 Å². The van der Waals surface area contributed by atoms with Gasteiger partial charge in [0.2, 0.25) is 0 Å². The van der Waals surface area contributed by atoms with Crippen LogP contribution in [-0.2, 0) is 0 Å². The van der Waals surface area contributed by atoms with E-state index in [4.69, 9.17) is 0 Å². The molecular weight excluding hydrogens is 300 g/mol. The third-order valence-electron chi connectivity index (χ3n) is 4.63. The van der Waals surface area contributed by atoms with Crippen LogP contribution in [0.2, 0.25) is 0 Å². The van der Waals surface area contributed by atoms with Crippen molar-refractivity contribution >= 4 is 0 Å². The monoisotopic (exact) mass is 320 g/mol. The standard InChI is InChI=1S/C25H20/c1-19-15-16-24(18-25(19)21-11-6-3-7-12-21)23-14-8-13-22(17-23)20-9-4-2-5-10-20/h2-18H,1H3. The summed E-state index contributed by atoms with van der Waals surface area (Å²) in [4.78, 5) is 0. The second-order valence-corrected chi connectivity index (χ2v) is 6.34. The fourth-order valence-electron chi connectivity index (χ4n) is 3.24. The number of rotatable bonds is 3. The molecule has 0 aromatic heterocycles. The van der Waals surface area contributed by atoms with Crippen LogP contribution in [0.15, 0.2) is 103 Å². The maximum Gasteiger partial charge on any atom is -0.0149 e. The zero-order valence-electron chi connectivity index (χ0n) is 14.3. The summed E-state index contributed by atoms with van der Waals surface area (Å²) in [5, 5.41) is 0. The summed E-state index contributed by atoms with van der Waals surface area (Å²) in [6, 6.07) is 36.6. The van der Waals surface area contributed by atoms with E-state index in [2.05, 4.69) is 110 Å². The van der Waals surface area contributed by atoms with Crippen LogP contribution in [0.25, 0.3) is 33.4 Å². The van der Waals surface area contributed by atoms with Gasteiger partial charge < -0.3 is 0 Å². The Kier molecular flexibility index (Phi) is 4.18. The Morgan fingerprint density at radius 1 is 0.400 bits per heavy atom. The Bertz CT molecular complexity index is 983. The van der Waals surface area contributed by atoms with Gasteiger partial charge in [0, 0.05) is 0 Å². The molecule has 0 nitrogen and oxygen atoms in total. The third kappa shape index (κ3) is 3.25. The van der Waals surface area contributed by atoms with E-state index in [1.54, 1.807) is 0 Å². The van der Waals surface area contributed by atoms with Crippen molar-refractivity contribution in [3.05, 3.63) is 109 Å². The number of aryl methyl sites for hydroxylation is 1. The third-order valence-corrected chi connectivity index (χ3v) is 4.63. The minimum absolute atomic E-state index is 1.25. The molecule has 0 atom stereocenters. The summed E-state index contributed by atoms with van der Waals surface area (Å²) in [5.41, 5.74) is 8.86. The van der Waals surface area contributed by atoms with Crippen LogP contribution in [0.5, 0.6) is 0 Å². The van der Waals surface area contributed by atoms with Crippen LogP contribution in [0.4, 0.5) is 0 Å². The minimum Gasteiger partial charge on any atom is -0.0622 e. The zero-order valence-corrected chi connectivity index (χ0v) is 14.3. The lowest BCUT2D eigenvalue weighted by atomic mass is 9.94. The second-order valence-electron chi connectivity index (χ2n) is 6.34. The molecule has 0 spiro atoms. The van der Waals surface area contributed by atoms with Crippen LogP contribution in [-0.4, -0.2) is 0 Å². The van der Waals surface area contributed by atoms with Crippen LogP contribution in [0, 0.1) is 6.92 Å². The first-order valence-electron chi connectivity index (χ1n) is 8.63. The maximum atomic E-state index is 2.30. The van der Waals surface area contributed by atoms with Crippen molar-refractivity contribution in [1.29, 1.82) is 0 Å². The van der Waals surface area contributed by atoms with Gasteiger partial charge in [0.05, 0.1) is 0 Å². The summed E-state index contributed by atoms with van der Waals surface area (Å²) in [5.74, 6) is 0. The minimum atomic E-state index is 1.25. The van der Waals surface area contributed by atoms with Gasteiger partial charge in [0.15, 0.2) is 0 Å². The summed E-state index contributed by atoms with van der Waals surface area (Å²) < 4.78 is 0. The van der Waals surface area contributed by atoms with Gasteiger partial charge in [-0.1, -0.05) is 91.0 Å². The lowest BCUT2D eigenvalue weighted by Crippen LogP contribution is -1.86. The maximum absolute atomic E-state index is 2.30. The Hall–Kier alpha value is -3.12. The van der Waals surface area contributed by atoms with Gasteiger partial charge in [-0.2, -0.15) is 0 Å². The highest BCUT2D eigenvalue weighted by atomic mass is 14.1. The topological polar surface area (TPSA) is 0 Å². The molecule has 0 saturated carbocycles. The molecule has 0 radical (unpaired) electrons. The Labute approximate surface area is 149 Å². The lowest BCUT2D eigenvalue weighted by molar-refractivity contribution is 1.45. The molecule has 0 unspecified atom stereocenters. The van der Waals surface area contributed by atoms with Crippen LogP contribution in [0.1, 0.15) is 5.56 Å². The van der Waals surface area contributed by atoms with E-state index < -0.39 is 0 Å².